The Morgan fingerprint density at radius 2 is 1.95 bits per heavy atom. The van der Waals surface area contributed by atoms with E-state index < -0.39 is 6.04 Å². The van der Waals surface area contributed by atoms with Gasteiger partial charge in [0.1, 0.15) is 16.7 Å². The molecule has 1 aliphatic heterocycles. The van der Waals surface area contributed by atoms with Gasteiger partial charge in [0.25, 0.3) is 5.91 Å². The molecule has 1 fully saturated rings. The van der Waals surface area contributed by atoms with Crippen LogP contribution in [0, 0.1) is 0 Å². The zero-order valence-corrected chi connectivity index (χ0v) is 25.3. The summed E-state index contributed by atoms with van der Waals surface area (Å²) in [5.41, 5.74) is 2.45. The molecule has 9 nitrogen and oxygen atoms in total. The molecule has 4 heterocycles. The van der Waals surface area contributed by atoms with Gasteiger partial charge in [-0.2, -0.15) is 4.37 Å². The fraction of sp³-hybridized carbons (Fsp3) is 0.469. The largest absolute Gasteiger partial charge is 0.480 e. The van der Waals surface area contributed by atoms with Crippen molar-refractivity contribution >= 4 is 34.1 Å². The standard InChI is InChI=1S/C32H39N5O4S/c1-3-24(38)13-6-4-7-15-27(34-30(39)29-19-23(36-42-29)21-37-16-10-5-11-17-37)32-33-20-28(41-32)25-18-22-12-8-9-14-26(22)35-31(25)40-2/h8-9,12,14,18-20,27H,3-7,10-11,13,15-17,21H2,1-2H3,(H,34,39). The van der Waals surface area contributed by atoms with Gasteiger partial charge in [0.05, 0.1) is 30.1 Å². The molecule has 42 heavy (non-hydrogen) atoms. The fourth-order valence-corrected chi connectivity index (χ4v) is 6.01. The van der Waals surface area contributed by atoms with Gasteiger partial charge in [-0.1, -0.05) is 44.4 Å². The summed E-state index contributed by atoms with van der Waals surface area (Å²) in [4.78, 5) is 37.3. The Balaban J connectivity index is 1.32. The number of likely N-dealkylation sites (tertiary alicyclic amines) is 1. The molecule has 1 atom stereocenters. The lowest BCUT2D eigenvalue weighted by Crippen LogP contribution is -2.29. The van der Waals surface area contributed by atoms with E-state index in [1.165, 1.54) is 30.8 Å². The molecule has 1 amide bonds. The number of nitrogens with zero attached hydrogens (tertiary/aromatic N) is 4. The second kappa shape index (κ2) is 14.5. The summed E-state index contributed by atoms with van der Waals surface area (Å²) in [6, 6.07) is 11.3. The van der Waals surface area contributed by atoms with Crippen LogP contribution >= 0.6 is 11.5 Å². The number of hydrogen-bond donors (Lipinski definition) is 1. The van der Waals surface area contributed by atoms with Crippen molar-refractivity contribution in [2.75, 3.05) is 20.2 Å². The van der Waals surface area contributed by atoms with E-state index in [1.54, 1.807) is 13.3 Å². The van der Waals surface area contributed by atoms with Crippen molar-refractivity contribution < 1.29 is 18.7 Å². The Kier molecular flexibility index (Phi) is 10.3. The number of hydrogen-bond acceptors (Lipinski definition) is 9. The number of ketones is 1. The number of para-hydroxylation sites is 1. The molecule has 0 spiro atoms. The van der Waals surface area contributed by atoms with Crippen molar-refractivity contribution in [3.05, 3.63) is 59.1 Å². The molecule has 222 valence electrons. The van der Waals surface area contributed by atoms with E-state index in [0.717, 1.165) is 55.5 Å². The quantitative estimate of drug-likeness (QED) is 0.161. The Morgan fingerprint density at radius 1 is 1.12 bits per heavy atom. The van der Waals surface area contributed by atoms with Gasteiger partial charge >= 0.3 is 0 Å². The maximum atomic E-state index is 13.4. The van der Waals surface area contributed by atoms with Crippen molar-refractivity contribution in [2.45, 2.75) is 77.3 Å². The van der Waals surface area contributed by atoms with E-state index in [4.69, 9.17) is 9.15 Å². The van der Waals surface area contributed by atoms with Crippen LogP contribution in [0.1, 0.15) is 92.0 Å². The molecule has 1 N–H and O–H groups in total. The van der Waals surface area contributed by atoms with E-state index in [0.29, 0.717) is 47.2 Å². The Morgan fingerprint density at radius 3 is 2.76 bits per heavy atom. The maximum absolute atomic E-state index is 13.4. The predicted molar refractivity (Wildman–Crippen MR) is 164 cm³/mol. The van der Waals surface area contributed by atoms with E-state index in [-0.39, 0.29) is 11.7 Å². The van der Waals surface area contributed by atoms with Crippen LogP contribution in [0.15, 0.2) is 47.0 Å². The lowest BCUT2D eigenvalue weighted by atomic mass is 10.0. The molecule has 1 aliphatic rings. The second-order valence-electron chi connectivity index (χ2n) is 10.8. The van der Waals surface area contributed by atoms with Gasteiger partial charge in [0.15, 0.2) is 5.76 Å². The van der Waals surface area contributed by atoms with Crippen molar-refractivity contribution in [1.82, 2.24) is 24.6 Å². The third-order valence-corrected chi connectivity index (χ3v) is 8.56. The number of oxazole rings is 1. The van der Waals surface area contributed by atoms with Crippen LogP contribution in [-0.2, 0) is 11.3 Å². The highest BCUT2D eigenvalue weighted by molar-refractivity contribution is 7.08. The highest BCUT2D eigenvalue weighted by Gasteiger charge is 2.24. The number of unbranched alkanes of at least 4 members (excludes halogenated alkanes) is 2. The normalized spacial score (nSPS) is 14.6. The van der Waals surface area contributed by atoms with Gasteiger partial charge in [0, 0.05) is 24.8 Å². The van der Waals surface area contributed by atoms with Gasteiger partial charge in [-0.3, -0.25) is 14.5 Å². The Labute approximate surface area is 250 Å². The minimum atomic E-state index is -0.430. The molecule has 1 unspecified atom stereocenters. The van der Waals surface area contributed by atoms with E-state index >= 15 is 0 Å². The van der Waals surface area contributed by atoms with Gasteiger partial charge in [0.2, 0.25) is 11.8 Å². The summed E-state index contributed by atoms with van der Waals surface area (Å²) < 4.78 is 16.4. The number of pyridine rings is 1. The molecular formula is C32H39N5O4S. The number of aromatic nitrogens is 3. The minimum absolute atomic E-state index is 0.187. The van der Waals surface area contributed by atoms with Crippen molar-refractivity contribution in [1.29, 1.82) is 0 Å². The maximum Gasteiger partial charge on any atom is 0.263 e. The number of carbonyl (C=O) groups is 2. The highest BCUT2D eigenvalue weighted by atomic mass is 32.1. The summed E-state index contributed by atoms with van der Waals surface area (Å²) in [6.45, 7) is 4.82. The van der Waals surface area contributed by atoms with Crippen molar-refractivity contribution in [3.8, 4) is 17.2 Å². The molecule has 0 bridgehead atoms. The number of benzene rings is 1. The molecule has 0 radical (unpaired) electrons. The fourth-order valence-electron chi connectivity index (χ4n) is 5.35. The summed E-state index contributed by atoms with van der Waals surface area (Å²) in [5, 5.41) is 4.11. The number of nitrogens with one attached hydrogen (secondary N) is 1. The zero-order valence-electron chi connectivity index (χ0n) is 24.4. The van der Waals surface area contributed by atoms with Crippen LogP contribution in [-0.4, -0.2) is 51.1 Å². The molecule has 10 heteroatoms. The average Bonchev–Trinajstić information content (AvgIpc) is 3.70. The molecule has 3 aromatic heterocycles. The summed E-state index contributed by atoms with van der Waals surface area (Å²) in [5.74, 6) is 1.49. The smallest absolute Gasteiger partial charge is 0.263 e. The third kappa shape index (κ3) is 7.60. The first-order valence-electron chi connectivity index (χ1n) is 14.9. The second-order valence-corrected chi connectivity index (χ2v) is 11.6. The Hall–Kier alpha value is -3.63. The van der Waals surface area contributed by atoms with Gasteiger partial charge < -0.3 is 14.5 Å². The Bertz CT molecular complexity index is 1490. The molecule has 0 saturated carbocycles. The lowest BCUT2D eigenvalue weighted by molar-refractivity contribution is -0.118. The third-order valence-electron chi connectivity index (χ3n) is 7.73. The number of ether oxygens (including phenoxy) is 1. The highest BCUT2D eigenvalue weighted by Crippen LogP contribution is 2.34. The summed E-state index contributed by atoms with van der Waals surface area (Å²) in [6.07, 6.45) is 9.70. The number of amides is 1. The summed E-state index contributed by atoms with van der Waals surface area (Å²) in [7, 11) is 1.58. The van der Waals surface area contributed by atoms with E-state index in [9.17, 15) is 9.59 Å². The van der Waals surface area contributed by atoms with Gasteiger partial charge in [-0.15, -0.1) is 0 Å². The molecule has 1 saturated heterocycles. The van der Waals surface area contributed by atoms with Crippen LogP contribution in [0.5, 0.6) is 5.88 Å². The first kappa shape index (κ1) is 29.8. The number of fused-ring (bicyclic) bond motifs is 1. The SMILES string of the molecule is CCC(=O)CCCCCC(NC(=O)c1cc(CN2CCCCC2)ns1)c1ncc(-c2cc3ccccc3nc2OC)o1. The van der Waals surface area contributed by atoms with Gasteiger partial charge in [-0.05, 0) is 68.5 Å². The van der Waals surface area contributed by atoms with Crippen molar-refractivity contribution in [3.63, 3.8) is 0 Å². The minimum Gasteiger partial charge on any atom is -0.480 e. The number of rotatable bonds is 14. The van der Waals surface area contributed by atoms with Crippen LogP contribution in [0.25, 0.3) is 22.2 Å². The van der Waals surface area contributed by atoms with Crippen LogP contribution in [0.2, 0.25) is 0 Å². The average molecular weight is 590 g/mol. The zero-order chi connectivity index (χ0) is 29.3. The first-order chi connectivity index (χ1) is 20.5. The number of piperidine rings is 1. The van der Waals surface area contributed by atoms with Crippen LogP contribution < -0.4 is 10.1 Å². The molecule has 5 rings (SSSR count). The van der Waals surface area contributed by atoms with Crippen LogP contribution in [0.4, 0.5) is 0 Å². The predicted octanol–water partition coefficient (Wildman–Crippen LogP) is 6.74. The molecule has 1 aromatic carbocycles. The molecular weight excluding hydrogens is 550 g/mol. The molecule has 0 aliphatic carbocycles. The monoisotopic (exact) mass is 589 g/mol. The first-order valence-corrected chi connectivity index (χ1v) is 15.7. The van der Waals surface area contributed by atoms with E-state index in [2.05, 4.69) is 24.6 Å². The summed E-state index contributed by atoms with van der Waals surface area (Å²) >= 11 is 1.23. The number of Topliss-reactive ketones (excluding diaryl/α,β-unsaturated/α-hetero) is 1. The number of methoxy groups -OCH3 is 1. The lowest BCUT2D eigenvalue weighted by Gasteiger charge is -2.25. The van der Waals surface area contributed by atoms with Crippen molar-refractivity contribution in [2.24, 2.45) is 0 Å². The number of carbonyl (C=O) groups excluding carboxylic acids is 2. The molecule has 4 aromatic rings. The van der Waals surface area contributed by atoms with E-state index in [1.807, 2.05) is 43.3 Å². The van der Waals surface area contributed by atoms with Crippen LogP contribution in [0.3, 0.4) is 0 Å². The topological polar surface area (TPSA) is 110 Å². The van der Waals surface area contributed by atoms with Gasteiger partial charge in [-0.25, -0.2) is 9.97 Å².